The zero-order chi connectivity index (χ0) is 23.2. The smallest absolute Gasteiger partial charge is 0.163 e. The van der Waals surface area contributed by atoms with Gasteiger partial charge in [0.1, 0.15) is 5.78 Å². The van der Waals surface area contributed by atoms with E-state index in [9.17, 15) is 9.90 Å². The molecular formula is C27H42O4. The normalized spacial score (nSPS) is 21.8. The van der Waals surface area contributed by atoms with E-state index in [4.69, 9.17) is 9.47 Å². The van der Waals surface area contributed by atoms with Crippen LogP contribution in [0.15, 0.2) is 42.5 Å². The maximum absolute atomic E-state index is 13.9. The largest absolute Gasteiger partial charge is 0.392 e. The van der Waals surface area contributed by atoms with Crippen molar-refractivity contribution < 1.29 is 19.4 Å². The molecule has 1 aromatic rings. The van der Waals surface area contributed by atoms with Gasteiger partial charge in [0, 0.05) is 5.92 Å². The zero-order valence-corrected chi connectivity index (χ0v) is 20.3. The monoisotopic (exact) mass is 430 g/mol. The number of rotatable bonds is 11. The third-order valence-corrected chi connectivity index (χ3v) is 6.59. The van der Waals surface area contributed by atoms with Crippen LogP contribution in [0.5, 0.6) is 0 Å². The molecule has 31 heavy (non-hydrogen) atoms. The Balaban J connectivity index is 2.23. The molecule has 1 aliphatic heterocycles. The Bertz CT molecular complexity index is 722. The van der Waals surface area contributed by atoms with E-state index in [2.05, 4.69) is 13.5 Å². The first-order valence-corrected chi connectivity index (χ1v) is 11.7. The van der Waals surface area contributed by atoms with Gasteiger partial charge >= 0.3 is 0 Å². The van der Waals surface area contributed by atoms with E-state index < -0.39 is 23.2 Å². The summed E-state index contributed by atoms with van der Waals surface area (Å²) >= 11 is 0. The molecule has 1 heterocycles. The third-order valence-electron chi connectivity index (χ3n) is 6.59. The number of hydrogen-bond acceptors (Lipinski definition) is 4. The Hall–Kier alpha value is -1.49. The summed E-state index contributed by atoms with van der Waals surface area (Å²) in [6.45, 7) is 16.3. The van der Waals surface area contributed by atoms with Crippen molar-refractivity contribution in [1.82, 2.24) is 0 Å². The lowest BCUT2D eigenvalue weighted by Gasteiger charge is -2.44. The fraction of sp³-hybridized carbons (Fsp3) is 0.667. The third kappa shape index (κ3) is 7.27. The first-order valence-electron chi connectivity index (χ1n) is 11.7. The number of Topliss-reactive ketones (excluding diaryl/α,β-unsaturated/α-hetero) is 1. The van der Waals surface area contributed by atoms with Crippen LogP contribution in [0, 0.1) is 17.3 Å². The second-order valence-corrected chi connectivity index (χ2v) is 10.3. The molecule has 2 rings (SSSR count). The van der Waals surface area contributed by atoms with Crippen molar-refractivity contribution in [2.45, 2.75) is 91.6 Å². The molecular weight excluding hydrogens is 388 g/mol. The Labute approximate surface area is 189 Å². The van der Waals surface area contributed by atoms with Crippen LogP contribution in [0.4, 0.5) is 0 Å². The van der Waals surface area contributed by atoms with Crippen LogP contribution in [0.3, 0.4) is 0 Å². The van der Waals surface area contributed by atoms with Crippen LogP contribution < -0.4 is 0 Å². The molecule has 0 spiro atoms. The summed E-state index contributed by atoms with van der Waals surface area (Å²) in [7, 11) is 0. The molecule has 0 bridgehead atoms. The van der Waals surface area contributed by atoms with E-state index in [-0.39, 0.29) is 17.8 Å². The number of allylic oxidation sites excluding steroid dienone is 1. The van der Waals surface area contributed by atoms with E-state index in [1.807, 2.05) is 65.0 Å². The summed E-state index contributed by atoms with van der Waals surface area (Å²) in [6, 6.07) is 9.99. The minimum absolute atomic E-state index is 0.0276. The van der Waals surface area contributed by atoms with Gasteiger partial charge < -0.3 is 14.6 Å². The van der Waals surface area contributed by atoms with Crippen molar-refractivity contribution >= 4 is 5.78 Å². The molecule has 0 aliphatic carbocycles. The number of carbonyl (C=O) groups is 1. The van der Waals surface area contributed by atoms with Crippen molar-refractivity contribution in [3.05, 3.63) is 48.0 Å². The zero-order valence-electron chi connectivity index (χ0n) is 20.3. The van der Waals surface area contributed by atoms with Crippen molar-refractivity contribution in [1.29, 1.82) is 0 Å². The van der Waals surface area contributed by atoms with Gasteiger partial charge in [-0.15, -0.1) is 6.58 Å². The van der Waals surface area contributed by atoms with E-state index in [1.165, 1.54) is 0 Å². The maximum Gasteiger partial charge on any atom is 0.163 e. The molecule has 4 heteroatoms. The number of aliphatic hydroxyl groups excluding tert-OH is 1. The molecule has 4 nitrogen and oxygen atoms in total. The number of benzene rings is 1. The van der Waals surface area contributed by atoms with Crippen LogP contribution in [0.1, 0.15) is 72.8 Å². The Morgan fingerprint density at radius 2 is 1.94 bits per heavy atom. The second-order valence-electron chi connectivity index (χ2n) is 10.3. The highest BCUT2D eigenvalue weighted by Gasteiger charge is 2.47. The average molecular weight is 431 g/mol. The van der Waals surface area contributed by atoms with Gasteiger partial charge in [0.05, 0.1) is 24.2 Å². The number of aliphatic hydroxyl groups is 1. The van der Waals surface area contributed by atoms with Gasteiger partial charge in [-0.05, 0) is 64.4 Å². The lowest BCUT2D eigenvalue weighted by Crippen LogP contribution is -2.52. The minimum atomic E-state index is -0.723. The molecule has 0 radical (unpaired) electrons. The number of carbonyl (C=O) groups excluding carboxylic acids is 1. The summed E-state index contributed by atoms with van der Waals surface area (Å²) in [5.41, 5.74) is 1.50. The predicted octanol–water partition coefficient (Wildman–Crippen LogP) is 5.73. The van der Waals surface area contributed by atoms with Crippen molar-refractivity contribution in [3.63, 3.8) is 0 Å². The van der Waals surface area contributed by atoms with Gasteiger partial charge in [-0.3, -0.25) is 4.79 Å². The molecule has 1 fully saturated rings. The highest BCUT2D eigenvalue weighted by atomic mass is 16.7. The lowest BCUT2D eigenvalue weighted by molar-refractivity contribution is -0.289. The SMILES string of the molecule is C=C(C)CCC[C@H](C)[C@H](O)[C@@H](Cc1ccccc1)C(=O)C(C)(C)[C@@H]1CCOC(C)(C)O1. The van der Waals surface area contributed by atoms with E-state index in [1.54, 1.807) is 0 Å². The standard InChI is InChI=1S/C27H42O4/c1-19(2)12-11-13-20(3)24(28)22(18-21-14-9-8-10-15-21)25(29)26(4,5)23-16-17-30-27(6,7)31-23/h8-10,14-15,20,22-24,28H,1,11-13,16-18H2,2-7H3/t20-,22+,23-,24-/m0/s1. The fourth-order valence-electron chi connectivity index (χ4n) is 4.52. The molecule has 174 valence electrons. The van der Waals surface area contributed by atoms with Gasteiger partial charge in [0.2, 0.25) is 0 Å². The molecule has 1 N–H and O–H groups in total. The first-order chi connectivity index (χ1) is 14.4. The van der Waals surface area contributed by atoms with Gasteiger partial charge in [-0.1, -0.05) is 56.7 Å². The molecule has 0 saturated carbocycles. The highest BCUT2D eigenvalue weighted by molar-refractivity contribution is 5.87. The summed E-state index contributed by atoms with van der Waals surface area (Å²) in [6.07, 6.45) is 3.05. The van der Waals surface area contributed by atoms with Crippen LogP contribution in [-0.4, -0.2) is 35.5 Å². The van der Waals surface area contributed by atoms with Crippen molar-refractivity contribution in [2.75, 3.05) is 6.61 Å². The fourth-order valence-corrected chi connectivity index (χ4v) is 4.52. The van der Waals surface area contributed by atoms with Crippen LogP contribution >= 0.6 is 0 Å². The Kier molecular flexibility index (Phi) is 9.05. The van der Waals surface area contributed by atoms with Gasteiger partial charge in [0.15, 0.2) is 5.79 Å². The van der Waals surface area contributed by atoms with Crippen LogP contribution in [0.2, 0.25) is 0 Å². The van der Waals surface area contributed by atoms with E-state index >= 15 is 0 Å². The van der Waals surface area contributed by atoms with E-state index in [0.717, 1.165) is 30.4 Å². The van der Waals surface area contributed by atoms with Crippen molar-refractivity contribution in [3.8, 4) is 0 Å². The van der Waals surface area contributed by atoms with Crippen molar-refractivity contribution in [2.24, 2.45) is 17.3 Å². The van der Waals surface area contributed by atoms with E-state index in [0.29, 0.717) is 19.4 Å². The molecule has 0 amide bonds. The second kappa shape index (κ2) is 10.9. The molecule has 4 atom stereocenters. The predicted molar refractivity (Wildman–Crippen MR) is 126 cm³/mol. The van der Waals surface area contributed by atoms with Gasteiger partial charge in [-0.25, -0.2) is 0 Å². The van der Waals surface area contributed by atoms with Gasteiger partial charge in [0.25, 0.3) is 0 Å². The van der Waals surface area contributed by atoms with Gasteiger partial charge in [-0.2, -0.15) is 0 Å². The van der Waals surface area contributed by atoms with Crippen LogP contribution in [-0.2, 0) is 20.7 Å². The lowest BCUT2D eigenvalue weighted by atomic mass is 9.70. The molecule has 0 unspecified atom stereocenters. The quantitative estimate of drug-likeness (QED) is 0.456. The summed E-state index contributed by atoms with van der Waals surface area (Å²) in [5, 5.41) is 11.3. The number of hydrogen-bond donors (Lipinski definition) is 1. The molecule has 0 aromatic heterocycles. The molecule has 1 saturated heterocycles. The average Bonchev–Trinajstić information content (AvgIpc) is 2.70. The maximum atomic E-state index is 13.9. The summed E-state index contributed by atoms with van der Waals surface area (Å²) in [5.74, 6) is -1.09. The summed E-state index contributed by atoms with van der Waals surface area (Å²) < 4.78 is 11.8. The topological polar surface area (TPSA) is 55.8 Å². The molecule has 1 aromatic carbocycles. The minimum Gasteiger partial charge on any atom is -0.392 e. The molecule has 1 aliphatic rings. The Morgan fingerprint density at radius 3 is 2.52 bits per heavy atom. The number of ketones is 1. The number of ether oxygens (including phenoxy) is 2. The van der Waals surface area contributed by atoms with Crippen LogP contribution in [0.25, 0.3) is 0 Å². The Morgan fingerprint density at radius 1 is 1.29 bits per heavy atom. The summed E-state index contributed by atoms with van der Waals surface area (Å²) in [4.78, 5) is 13.9. The first kappa shape index (κ1) is 25.8. The highest BCUT2D eigenvalue weighted by Crippen LogP contribution is 2.38.